The van der Waals surface area contributed by atoms with Crippen molar-refractivity contribution in [1.82, 2.24) is 34.9 Å². The van der Waals surface area contributed by atoms with E-state index in [1.54, 1.807) is 37.1 Å². The number of carbonyl (C=O) groups is 4. The van der Waals surface area contributed by atoms with Gasteiger partial charge < -0.3 is 44.5 Å². The number of aliphatic hydroxyl groups excluding tert-OH is 1. The van der Waals surface area contributed by atoms with Gasteiger partial charge in [-0.3, -0.25) is 9.59 Å². The van der Waals surface area contributed by atoms with E-state index in [0.29, 0.717) is 76.2 Å². The van der Waals surface area contributed by atoms with Crippen molar-refractivity contribution in [2.75, 3.05) is 60.5 Å². The molecule has 0 bridgehead atoms. The summed E-state index contributed by atoms with van der Waals surface area (Å²) in [7, 11) is 5.03. The average Bonchev–Trinajstić information content (AvgIpc) is 3.74. The fourth-order valence-corrected chi connectivity index (χ4v) is 7.75. The van der Waals surface area contributed by atoms with Gasteiger partial charge in [0.25, 0.3) is 5.91 Å². The van der Waals surface area contributed by atoms with Gasteiger partial charge in [0.2, 0.25) is 5.91 Å². The van der Waals surface area contributed by atoms with Crippen molar-refractivity contribution < 1.29 is 33.8 Å². The molecule has 0 unspecified atom stereocenters. The number of urea groups is 1. The van der Waals surface area contributed by atoms with Gasteiger partial charge in [-0.1, -0.05) is 76.3 Å². The van der Waals surface area contributed by atoms with Gasteiger partial charge in [-0.25, -0.2) is 14.6 Å². The SMILES string of the molecule is CC(C)CC[C@H](O)[C@H](CC1CCCCC1)NC(=O)[C@H](Cc1cnc[nH]1)N(C)C(=O)[C@H](Cc1ccccc1)OC(=O)N(C)CCCCCN(C)C(=O)N1CCOCC1. The van der Waals surface area contributed by atoms with E-state index >= 15 is 0 Å². The molecule has 0 radical (unpaired) electrons. The number of hydrogen-bond acceptors (Lipinski definition) is 8. The number of hydrogen-bond donors (Lipinski definition) is 3. The van der Waals surface area contributed by atoms with Crippen LogP contribution in [0, 0.1) is 11.8 Å². The number of aromatic nitrogens is 2. The van der Waals surface area contributed by atoms with E-state index in [9.17, 15) is 24.3 Å². The first-order valence-electron chi connectivity index (χ1n) is 21.2. The number of nitrogens with zero attached hydrogens (tertiary/aromatic N) is 5. The van der Waals surface area contributed by atoms with Crippen LogP contribution in [-0.4, -0.2) is 143 Å². The largest absolute Gasteiger partial charge is 0.436 e. The summed E-state index contributed by atoms with van der Waals surface area (Å²) in [5.41, 5.74) is 1.48. The normalized spacial score (nSPS) is 17.0. The summed E-state index contributed by atoms with van der Waals surface area (Å²) in [6, 6.07) is 7.95. The molecular formula is C43H69N7O7. The number of benzene rings is 1. The molecule has 14 nitrogen and oxygen atoms in total. The number of rotatable bonds is 21. The van der Waals surface area contributed by atoms with E-state index in [0.717, 1.165) is 50.5 Å². The second kappa shape index (κ2) is 23.9. The zero-order valence-electron chi connectivity index (χ0n) is 35.1. The average molecular weight is 796 g/mol. The smallest absolute Gasteiger partial charge is 0.410 e. The summed E-state index contributed by atoms with van der Waals surface area (Å²) in [5.74, 6) is -0.0437. The molecule has 2 heterocycles. The quantitative estimate of drug-likeness (QED) is 0.144. The molecule has 5 amide bonds. The third-order valence-corrected chi connectivity index (χ3v) is 11.4. The van der Waals surface area contributed by atoms with Crippen LogP contribution in [0.1, 0.15) is 95.7 Å². The number of ether oxygens (including phenoxy) is 2. The van der Waals surface area contributed by atoms with E-state index in [-0.39, 0.29) is 24.8 Å². The van der Waals surface area contributed by atoms with Crippen molar-refractivity contribution in [3.8, 4) is 0 Å². The molecule has 2 fully saturated rings. The zero-order valence-corrected chi connectivity index (χ0v) is 35.1. The highest BCUT2D eigenvalue weighted by atomic mass is 16.6. The first-order valence-corrected chi connectivity index (χ1v) is 21.2. The Hall–Kier alpha value is -4.17. The van der Waals surface area contributed by atoms with Crippen LogP contribution in [-0.2, 0) is 31.9 Å². The highest BCUT2D eigenvalue weighted by Crippen LogP contribution is 2.29. The van der Waals surface area contributed by atoms with Crippen molar-refractivity contribution >= 4 is 23.9 Å². The van der Waals surface area contributed by atoms with Crippen LogP contribution in [0.2, 0.25) is 0 Å². The Morgan fingerprint density at radius 2 is 1.63 bits per heavy atom. The predicted octanol–water partition coefficient (Wildman–Crippen LogP) is 5.27. The number of nitrogens with one attached hydrogen (secondary N) is 2. The third kappa shape index (κ3) is 15.3. The van der Waals surface area contributed by atoms with Crippen LogP contribution in [0.15, 0.2) is 42.9 Å². The van der Waals surface area contributed by atoms with Gasteiger partial charge in [0.1, 0.15) is 6.04 Å². The summed E-state index contributed by atoms with van der Waals surface area (Å²) < 4.78 is 11.3. The maximum absolute atomic E-state index is 14.5. The molecule has 1 aromatic heterocycles. The Morgan fingerprint density at radius 1 is 0.947 bits per heavy atom. The third-order valence-electron chi connectivity index (χ3n) is 11.4. The van der Waals surface area contributed by atoms with Crippen molar-refractivity contribution in [2.45, 2.75) is 122 Å². The highest BCUT2D eigenvalue weighted by Gasteiger charge is 2.36. The standard InChI is InChI=1S/C43H69N7O7/c1-32(2)19-20-38(51)36(27-33-15-9-6-10-16-33)46-40(52)37(29-35-30-44-31-45-35)49(5)41(53)39(28-34-17-11-7-12-18-34)57-43(55)48(4)22-14-8-13-21-47(3)42(54)50-23-25-56-26-24-50/h7,11-12,17-18,30-33,36-39,51H,6,8-10,13-16,19-29H2,1-5H3,(H,44,45)(H,46,52)/t36-,37-,38-,39-/m0/s1. The summed E-state index contributed by atoms with van der Waals surface area (Å²) in [6.07, 6.45) is 10.9. The molecule has 14 heteroatoms. The van der Waals surface area contributed by atoms with Crippen molar-refractivity contribution in [2.24, 2.45) is 11.8 Å². The predicted molar refractivity (Wildman–Crippen MR) is 219 cm³/mol. The van der Waals surface area contributed by atoms with Crippen LogP contribution in [0.5, 0.6) is 0 Å². The second-order valence-electron chi connectivity index (χ2n) is 16.5. The molecule has 4 atom stereocenters. The molecule has 1 aromatic carbocycles. The number of aliphatic hydroxyl groups is 1. The van der Waals surface area contributed by atoms with Gasteiger partial charge in [0.15, 0.2) is 6.10 Å². The maximum atomic E-state index is 14.5. The van der Waals surface area contributed by atoms with Crippen LogP contribution < -0.4 is 5.32 Å². The molecule has 1 aliphatic carbocycles. The maximum Gasteiger partial charge on any atom is 0.410 e. The fraction of sp³-hybridized carbons (Fsp3) is 0.698. The van der Waals surface area contributed by atoms with Gasteiger partial charge in [-0.05, 0) is 55.9 Å². The van der Waals surface area contributed by atoms with Crippen LogP contribution in [0.4, 0.5) is 9.59 Å². The lowest BCUT2D eigenvalue weighted by Crippen LogP contribution is -2.56. The molecule has 318 valence electrons. The molecule has 1 saturated carbocycles. The Kier molecular flexibility index (Phi) is 19.1. The first kappa shape index (κ1) is 45.5. The molecule has 0 spiro atoms. The number of amides is 5. The van der Waals surface area contributed by atoms with E-state index in [1.807, 2.05) is 30.3 Å². The van der Waals surface area contributed by atoms with Gasteiger partial charge in [0.05, 0.1) is 31.7 Å². The number of morpholine rings is 1. The lowest BCUT2D eigenvalue weighted by molar-refractivity contribution is -0.146. The Balaban J connectivity index is 1.42. The van der Waals surface area contributed by atoms with Crippen molar-refractivity contribution in [3.05, 3.63) is 54.1 Å². The van der Waals surface area contributed by atoms with Gasteiger partial charge in [-0.15, -0.1) is 0 Å². The van der Waals surface area contributed by atoms with Crippen molar-refractivity contribution in [3.63, 3.8) is 0 Å². The number of unbranched alkanes of at least 4 members (excludes halogenated alkanes) is 2. The number of aromatic amines is 1. The van der Waals surface area contributed by atoms with Crippen LogP contribution >= 0.6 is 0 Å². The fourth-order valence-electron chi connectivity index (χ4n) is 7.75. The summed E-state index contributed by atoms with van der Waals surface area (Å²) in [6.45, 7) is 7.57. The summed E-state index contributed by atoms with van der Waals surface area (Å²) in [4.78, 5) is 68.6. The summed E-state index contributed by atoms with van der Waals surface area (Å²) >= 11 is 0. The summed E-state index contributed by atoms with van der Waals surface area (Å²) in [5, 5.41) is 14.6. The monoisotopic (exact) mass is 796 g/mol. The molecule has 2 aliphatic rings. The van der Waals surface area contributed by atoms with Gasteiger partial charge >= 0.3 is 12.1 Å². The Labute approximate surface area is 340 Å². The molecule has 1 aliphatic heterocycles. The second-order valence-corrected chi connectivity index (χ2v) is 16.5. The molecule has 57 heavy (non-hydrogen) atoms. The topological polar surface area (TPSA) is 161 Å². The minimum Gasteiger partial charge on any atom is -0.436 e. The van der Waals surface area contributed by atoms with E-state index in [1.165, 1.54) is 22.5 Å². The Bertz CT molecular complexity index is 1480. The molecule has 2 aromatic rings. The number of likely N-dealkylation sites (N-methyl/N-ethyl adjacent to an activating group) is 1. The molecule has 3 N–H and O–H groups in total. The van der Waals surface area contributed by atoms with Gasteiger partial charge in [-0.2, -0.15) is 0 Å². The van der Waals surface area contributed by atoms with E-state index in [2.05, 4.69) is 29.1 Å². The van der Waals surface area contributed by atoms with E-state index < -0.39 is 36.3 Å². The van der Waals surface area contributed by atoms with Gasteiger partial charge in [0, 0.05) is 72.1 Å². The minimum absolute atomic E-state index is 0.000802. The number of imidazole rings is 1. The molecule has 4 rings (SSSR count). The molecule has 1 saturated heterocycles. The number of H-pyrrole nitrogens is 1. The lowest BCUT2D eigenvalue weighted by Gasteiger charge is -2.34. The highest BCUT2D eigenvalue weighted by molar-refractivity contribution is 5.90. The minimum atomic E-state index is -1.20. The number of carbonyl (C=O) groups excluding carboxylic acids is 4. The molecular weight excluding hydrogens is 727 g/mol. The Morgan fingerprint density at radius 3 is 2.28 bits per heavy atom. The van der Waals surface area contributed by atoms with Crippen LogP contribution in [0.3, 0.4) is 0 Å². The lowest BCUT2D eigenvalue weighted by atomic mass is 9.83. The van der Waals surface area contributed by atoms with Crippen LogP contribution in [0.25, 0.3) is 0 Å². The van der Waals surface area contributed by atoms with E-state index in [4.69, 9.17) is 9.47 Å². The first-order chi connectivity index (χ1) is 27.4. The van der Waals surface area contributed by atoms with Crippen molar-refractivity contribution in [1.29, 1.82) is 0 Å². The zero-order chi connectivity index (χ0) is 41.2.